The molecule has 0 spiro atoms. The lowest BCUT2D eigenvalue weighted by molar-refractivity contribution is -0.136. The molecule has 5 heteroatoms. The Kier molecular flexibility index (Phi) is 2.36. The van der Waals surface area contributed by atoms with Crippen LogP contribution >= 0.6 is 11.6 Å². The van der Waals surface area contributed by atoms with E-state index < -0.39 is 5.97 Å². The second kappa shape index (κ2) is 3.55. The first-order valence-corrected chi connectivity index (χ1v) is 4.78. The number of aryl methyl sites for hydroxylation is 1. The highest BCUT2D eigenvalue weighted by atomic mass is 35.5. The molecule has 0 aliphatic carbocycles. The topological polar surface area (TPSA) is 55.1 Å². The molecule has 0 aliphatic rings. The fraction of sp³-hybridized carbons (Fsp3) is 0.200. The molecule has 0 atom stereocenters. The molecule has 0 saturated heterocycles. The van der Waals surface area contributed by atoms with Crippen LogP contribution in [0.1, 0.15) is 5.82 Å². The molecular formula is C10H9ClN2O2. The van der Waals surface area contributed by atoms with Crippen molar-refractivity contribution in [3.8, 4) is 0 Å². The lowest BCUT2D eigenvalue weighted by Crippen LogP contribution is -2.06. The van der Waals surface area contributed by atoms with Gasteiger partial charge in [0.2, 0.25) is 0 Å². The number of hydrogen-bond donors (Lipinski definition) is 1. The van der Waals surface area contributed by atoms with Crippen LogP contribution in [-0.2, 0) is 18.3 Å². The third-order valence-corrected chi connectivity index (χ3v) is 2.48. The number of benzene rings is 1. The molecule has 1 aromatic heterocycles. The zero-order valence-corrected chi connectivity index (χ0v) is 8.82. The summed E-state index contributed by atoms with van der Waals surface area (Å²) in [7, 11) is 1.78. The molecule has 1 aromatic carbocycles. The molecule has 0 saturated carbocycles. The van der Waals surface area contributed by atoms with Crippen LogP contribution in [0, 0.1) is 0 Å². The van der Waals surface area contributed by atoms with Crippen molar-refractivity contribution in [3.05, 3.63) is 29.0 Å². The summed E-state index contributed by atoms with van der Waals surface area (Å²) in [4.78, 5) is 14.8. The Balaban J connectivity index is 2.59. The summed E-state index contributed by atoms with van der Waals surface area (Å²) in [5.41, 5.74) is 1.61. The van der Waals surface area contributed by atoms with Gasteiger partial charge in [-0.15, -0.1) is 0 Å². The minimum Gasteiger partial charge on any atom is -0.481 e. The molecule has 4 nitrogen and oxygen atoms in total. The second-order valence-corrected chi connectivity index (χ2v) is 3.73. The van der Waals surface area contributed by atoms with Gasteiger partial charge in [-0.2, -0.15) is 0 Å². The number of carbonyl (C=O) groups is 1. The van der Waals surface area contributed by atoms with Crippen molar-refractivity contribution in [1.82, 2.24) is 9.55 Å². The Morgan fingerprint density at radius 1 is 1.60 bits per heavy atom. The first kappa shape index (κ1) is 9.98. The van der Waals surface area contributed by atoms with E-state index in [0.717, 1.165) is 11.0 Å². The Bertz CT molecular complexity index is 533. The molecule has 15 heavy (non-hydrogen) atoms. The van der Waals surface area contributed by atoms with E-state index in [4.69, 9.17) is 16.7 Å². The lowest BCUT2D eigenvalue weighted by atomic mass is 10.3. The van der Waals surface area contributed by atoms with Crippen molar-refractivity contribution >= 4 is 28.6 Å². The summed E-state index contributed by atoms with van der Waals surface area (Å²) in [6.45, 7) is 0. The van der Waals surface area contributed by atoms with Crippen molar-refractivity contribution < 1.29 is 9.90 Å². The van der Waals surface area contributed by atoms with Gasteiger partial charge in [-0.1, -0.05) is 11.6 Å². The SMILES string of the molecule is Cn1c(CC(=O)O)nc2ccc(Cl)cc21. The Morgan fingerprint density at radius 2 is 2.33 bits per heavy atom. The predicted octanol–water partition coefficient (Wildman–Crippen LogP) is 1.85. The number of rotatable bonds is 2. The second-order valence-electron chi connectivity index (χ2n) is 3.29. The van der Waals surface area contributed by atoms with Gasteiger partial charge in [0, 0.05) is 12.1 Å². The highest BCUT2D eigenvalue weighted by Crippen LogP contribution is 2.19. The van der Waals surface area contributed by atoms with E-state index in [2.05, 4.69) is 4.98 Å². The summed E-state index contributed by atoms with van der Waals surface area (Å²) in [5, 5.41) is 9.31. The van der Waals surface area contributed by atoms with Crippen LogP contribution in [0.4, 0.5) is 0 Å². The number of imidazole rings is 1. The molecule has 2 rings (SSSR count). The van der Waals surface area contributed by atoms with E-state index in [0.29, 0.717) is 10.8 Å². The van der Waals surface area contributed by atoms with Crippen molar-refractivity contribution in [2.24, 2.45) is 7.05 Å². The average Bonchev–Trinajstić information content (AvgIpc) is 2.44. The molecule has 0 unspecified atom stereocenters. The lowest BCUT2D eigenvalue weighted by Gasteiger charge is -1.98. The normalized spacial score (nSPS) is 10.8. The van der Waals surface area contributed by atoms with Crippen LogP contribution in [0.5, 0.6) is 0 Å². The molecule has 0 radical (unpaired) electrons. The first-order valence-electron chi connectivity index (χ1n) is 4.40. The van der Waals surface area contributed by atoms with E-state index in [-0.39, 0.29) is 6.42 Å². The fourth-order valence-corrected chi connectivity index (χ4v) is 1.67. The monoisotopic (exact) mass is 224 g/mol. The number of fused-ring (bicyclic) bond motifs is 1. The van der Waals surface area contributed by atoms with E-state index >= 15 is 0 Å². The van der Waals surface area contributed by atoms with Crippen molar-refractivity contribution in [1.29, 1.82) is 0 Å². The summed E-state index contributed by atoms with van der Waals surface area (Å²) in [5.74, 6) is -0.362. The smallest absolute Gasteiger partial charge is 0.311 e. The highest BCUT2D eigenvalue weighted by molar-refractivity contribution is 6.31. The van der Waals surface area contributed by atoms with Crippen molar-refractivity contribution in [2.45, 2.75) is 6.42 Å². The van der Waals surface area contributed by atoms with Gasteiger partial charge in [0.05, 0.1) is 11.0 Å². The van der Waals surface area contributed by atoms with Crippen molar-refractivity contribution in [3.63, 3.8) is 0 Å². The van der Waals surface area contributed by atoms with Gasteiger partial charge in [-0.3, -0.25) is 4.79 Å². The average molecular weight is 225 g/mol. The van der Waals surface area contributed by atoms with Crippen LogP contribution in [0.2, 0.25) is 5.02 Å². The van der Waals surface area contributed by atoms with Gasteiger partial charge >= 0.3 is 5.97 Å². The standard InChI is InChI=1S/C10H9ClN2O2/c1-13-8-4-6(11)2-3-7(8)12-9(13)5-10(14)15/h2-4H,5H2,1H3,(H,14,15). The largest absolute Gasteiger partial charge is 0.481 e. The molecule has 0 amide bonds. The summed E-state index contributed by atoms with van der Waals surface area (Å²) in [6.07, 6.45) is -0.0806. The molecule has 1 N–H and O–H groups in total. The number of carboxylic acids is 1. The van der Waals surface area contributed by atoms with Gasteiger partial charge in [0.1, 0.15) is 12.2 Å². The van der Waals surface area contributed by atoms with Gasteiger partial charge < -0.3 is 9.67 Å². The minimum absolute atomic E-state index is 0.0806. The summed E-state index contributed by atoms with van der Waals surface area (Å²) in [6, 6.07) is 5.29. The molecule has 0 bridgehead atoms. The number of nitrogens with zero attached hydrogens (tertiary/aromatic N) is 2. The number of aromatic nitrogens is 2. The Hall–Kier alpha value is -1.55. The summed E-state index contributed by atoms with van der Waals surface area (Å²) < 4.78 is 1.75. The van der Waals surface area contributed by atoms with E-state index in [9.17, 15) is 4.79 Å². The molecule has 2 aromatic rings. The van der Waals surface area contributed by atoms with Crippen LogP contribution in [-0.4, -0.2) is 20.6 Å². The number of carboxylic acid groups (broad SMARTS) is 1. The van der Waals surface area contributed by atoms with Crippen LogP contribution in [0.25, 0.3) is 11.0 Å². The molecule has 1 heterocycles. The zero-order chi connectivity index (χ0) is 11.0. The Labute approximate surface area is 91.1 Å². The fourth-order valence-electron chi connectivity index (χ4n) is 1.51. The van der Waals surface area contributed by atoms with Crippen molar-refractivity contribution in [2.75, 3.05) is 0 Å². The third-order valence-electron chi connectivity index (χ3n) is 2.24. The molecular weight excluding hydrogens is 216 g/mol. The van der Waals surface area contributed by atoms with E-state index in [1.54, 1.807) is 29.8 Å². The molecule has 0 aliphatic heterocycles. The van der Waals surface area contributed by atoms with Gasteiger partial charge in [0.25, 0.3) is 0 Å². The minimum atomic E-state index is -0.889. The van der Waals surface area contributed by atoms with Gasteiger partial charge in [0.15, 0.2) is 0 Å². The van der Waals surface area contributed by atoms with E-state index in [1.807, 2.05) is 0 Å². The van der Waals surface area contributed by atoms with Crippen LogP contribution < -0.4 is 0 Å². The van der Waals surface area contributed by atoms with Gasteiger partial charge in [-0.05, 0) is 18.2 Å². The summed E-state index contributed by atoms with van der Waals surface area (Å²) >= 11 is 5.85. The maximum absolute atomic E-state index is 10.6. The van der Waals surface area contributed by atoms with Crippen LogP contribution in [0.3, 0.4) is 0 Å². The zero-order valence-electron chi connectivity index (χ0n) is 8.07. The molecule has 78 valence electrons. The molecule has 0 fully saturated rings. The highest BCUT2D eigenvalue weighted by Gasteiger charge is 2.10. The number of halogens is 1. The van der Waals surface area contributed by atoms with Gasteiger partial charge in [-0.25, -0.2) is 4.98 Å². The quantitative estimate of drug-likeness (QED) is 0.847. The maximum Gasteiger partial charge on any atom is 0.311 e. The maximum atomic E-state index is 10.6. The van der Waals surface area contributed by atoms with Crippen LogP contribution in [0.15, 0.2) is 18.2 Å². The first-order chi connectivity index (χ1) is 7.08. The Morgan fingerprint density at radius 3 is 3.00 bits per heavy atom. The predicted molar refractivity (Wildman–Crippen MR) is 57.1 cm³/mol. The third kappa shape index (κ3) is 1.80. The van der Waals surface area contributed by atoms with E-state index in [1.165, 1.54) is 0 Å². The number of aliphatic carboxylic acids is 1. The number of hydrogen-bond acceptors (Lipinski definition) is 2.